The first-order chi connectivity index (χ1) is 9.65. The van der Waals surface area contributed by atoms with Gasteiger partial charge in [0.1, 0.15) is 0 Å². The SMILES string of the molecule is C=CC1(Cc2cccc3c2C(=O)NC3=O)C=CC=CC1. The number of carbonyl (C=O) groups excluding carboxylic acids is 2. The minimum absolute atomic E-state index is 0.185. The van der Waals surface area contributed by atoms with Gasteiger partial charge in [-0.15, -0.1) is 6.58 Å². The summed E-state index contributed by atoms with van der Waals surface area (Å²) in [5.41, 5.74) is 1.70. The van der Waals surface area contributed by atoms with Crippen LogP contribution in [0.3, 0.4) is 0 Å². The third-order valence-electron chi connectivity index (χ3n) is 3.95. The number of rotatable bonds is 3. The van der Waals surface area contributed by atoms with E-state index in [2.05, 4.69) is 24.0 Å². The van der Waals surface area contributed by atoms with Crippen molar-refractivity contribution < 1.29 is 9.59 Å². The van der Waals surface area contributed by atoms with Crippen LogP contribution in [-0.4, -0.2) is 11.8 Å². The van der Waals surface area contributed by atoms with E-state index in [1.54, 1.807) is 6.07 Å². The molecule has 0 radical (unpaired) electrons. The van der Waals surface area contributed by atoms with Gasteiger partial charge in [-0.25, -0.2) is 0 Å². The fourth-order valence-corrected chi connectivity index (χ4v) is 2.83. The number of hydrogen-bond donors (Lipinski definition) is 1. The monoisotopic (exact) mass is 265 g/mol. The zero-order valence-electron chi connectivity index (χ0n) is 11.1. The maximum Gasteiger partial charge on any atom is 0.259 e. The van der Waals surface area contributed by atoms with Gasteiger partial charge in [-0.05, 0) is 24.5 Å². The summed E-state index contributed by atoms with van der Waals surface area (Å²) in [6.45, 7) is 3.93. The highest BCUT2D eigenvalue weighted by Gasteiger charge is 2.32. The third kappa shape index (κ3) is 1.92. The highest BCUT2D eigenvalue weighted by molar-refractivity contribution is 6.22. The van der Waals surface area contributed by atoms with Crippen molar-refractivity contribution in [2.75, 3.05) is 0 Å². The van der Waals surface area contributed by atoms with Crippen LogP contribution in [0.15, 0.2) is 55.2 Å². The van der Waals surface area contributed by atoms with Gasteiger partial charge in [-0.2, -0.15) is 0 Å². The van der Waals surface area contributed by atoms with Crippen LogP contribution >= 0.6 is 0 Å². The molecule has 1 heterocycles. The Kier molecular flexibility index (Phi) is 2.90. The molecular weight excluding hydrogens is 250 g/mol. The topological polar surface area (TPSA) is 46.2 Å². The van der Waals surface area contributed by atoms with Crippen LogP contribution in [0.5, 0.6) is 0 Å². The van der Waals surface area contributed by atoms with Crippen LogP contribution < -0.4 is 5.32 Å². The van der Waals surface area contributed by atoms with Crippen LogP contribution in [0, 0.1) is 5.41 Å². The fraction of sp³-hybridized carbons (Fsp3) is 0.176. The van der Waals surface area contributed by atoms with Crippen molar-refractivity contribution in [3.05, 3.63) is 71.8 Å². The lowest BCUT2D eigenvalue weighted by Gasteiger charge is -2.28. The second-order valence-corrected chi connectivity index (χ2v) is 5.23. The fourth-order valence-electron chi connectivity index (χ4n) is 2.83. The lowest BCUT2D eigenvalue weighted by Crippen LogP contribution is -2.22. The number of fused-ring (bicyclic) bond motifs is 1. The first kappa shape index (κ1) is 12.6. The van der Waals surface area contributed by atoms with Gasteiger partial charge in [0.25, 0.3) is 11.8 Å². The molecule has 20 heavy (non-hydrogen) atoms. The van der Waals surface area contributed by atoms with Gasteiger partial charge in [0.05, 0.1) is 11.1 Å². The van der Waals surface area contributed by atoms with Gasteiger partial charge in [-0.3, -0.25) is 14.9 Å². The van der Waals surface area contributed by atoms with Crippen molar-refractivity contribution in [2.45, 2.75) is 12.8 Å². The molecule has 0 bridgehead atoms. The number of imide groups is 1. The van der Waals surface area contributed by atoms with Crippen molar-refractivity contribution in [3.8, 4) is 0 Å². The maximum absolute atomic E-state index is 11.9. The molecular formula is C17H15NO2. The van der Waals surface area contributed by atoms with E-state index in [4.69, 9.17) is 0 Å². The molecule has 1 aliphatic heterocycles. The Labute approximate surface area is 117 Å². The molecule has 3 heteroatoms. The molecule has 1 aliphatic carbocycles. The lowest BCUT2D eigenvalue weighted by molar-refractivity contribution is 0.0879. The van der Waals surface area contributed by atoms with Gasteiger partial charge in [0.15, 0.2) is 0 Å². The molecule has 1 N–H and O–H groups in total. The van der Waals surface area contributed by atoms with Crippen molar-refractivity contribution in [2.24, 2.45) is 5.41 Å². The second kappa shape index (κ2) is 4.60. The van der Waals surface area contributed by atoms with E-state index in [9.17, 15) is 9.59 Å². The number of nitrogens with one attached hydrogen (secondary N) is 1. The Morgan fingerprint density at radius 3 is 2.80 bits per heavy atom. The molecule has 1 unspecified atom stereocenters. The van der Waals surface area contributed by atoms with E-state index in [0.29, 0.717) is 17.5 Å². The molecule has 0 aromatic heterocycles. The summed E-state index contributed by atoms with van der Waals surface area (Å²) in [5.74, 6) is -0.603. The standard InChI is InChI=1S/C17H15NO2/c1-2-17(9-4-3-5-10-17)11-12-7-6-8-13-14(12)16(20)18-15(13)19/h2-9H,1,10-11H2,(H,18,19,20). The lowest BCUT2D eigenvalue weighted by atomic mass is 9.75. The average Bonchev–Trinajstić information content (AvgIpc) is 2.76. The van der Waals surface area contributed by atoms with Crippen molar-refractivity contribution in [3.63, 3.8) is 0 Å². The highest BCUT2D eigenvalue weighted by Crippen LogP contribution is 2.35. The Balaban J connectivity index is 2.03. The van der Waals surface area contributed by atoms with Crippen LogP contribution in [0.1, 0.15) is 32.7 Å². The van der Waals surface area contributed by atoms with E-state index in [0.717, 1.165) is 12.0 Å². The van der Waals surface area contributed by atoms with Crippen LogP contribution in [0.25, 0.3) is 0 Å². The molecule has 1 atom stereocenters. The Bertz CT molecular complexity index is 670. The summed E-state index contributed by atoms with van der Waals surface area (Å²) in [5, 5.41) is 2.35. The van der Waals surface area contributed by atoms with Crippen molar-refractivity contribution in [1.82, 2.24) is 5.32 Å². The first-order valence-corrected chi connectivity index (χ1v) is 6.61. The third-order valence-corrected chi connectivity index (χ3v) is 3.95. The Morgan fingerprint density at radius 2 is 2.10 bits per heavy atom. The minimum atomic E-state index is -0.307. The van der Waals surface area contributed by atoms with Crippen LogP contribution in [0.2, 0.25) is 0 Å². The summed E-state index contributed by atoms with van der Waals surface area (Å²) < 4.78 is 0. The smallest absolute Gasteiger partial charge is 0.259 e. The van der Waals surface area contributed by atoms with E-state index in [-0.39, 0.29) is 17.2 Å². The summed E-state index contributed by atoms with van der Waals surface area (Å²) in [6, 6.07) is 5.43. The summed E-state index contributed by atoms with van der Waals surface area (Å²) >= 11 is 0. The molecule has 100 valence electrons. The molecule has 2 aliphatic rings. The summed E-state index contributed by atoms with van der Waals surface area (Å²) in [4.78, 5) is 23.6. The largest absolute Gasteiger partial charge is 0.288 e. The second-order valence-electron chi connectivity index (χ2n) is 5.23. The van der Waals surface area contributed by atoms with Crippen LogP contribution in [-0.2, 0) is 6.42 Å². The molecule has 1 aromatic carbocycles. The predicted octanol–water partition coefficient (Wildman–Crippen LogP) is 2.80. The normalized spacial score (nSPS) is 23.6. The predicted molar refractivity (Wildman–Crippen MR) is 77.5 cm³/mol. The van der Waals surface area contributed by atoms with E-state index in [1.165, 1.54) is 0 Å². The first-order valence-electron chi connectivity index (χ1n) is 6.61. The summed E-state index contributed by atoms with van der Waals surface area (Å²) in [6.07, 6.45) is 11.6. The van der Waals surface area contributed by atoms with Gasteiger partial charge >= 0.3 is 0 Å². The number of benzene rings is 1. The quantitative estimate of drug-likeness (QED) is 0.674. The van der Waals surface area contributed by atoms with E-state index < -0.39 is 0 Å². The zero-order valence-corrected chi connectivity index (χ0v) is 11.1. The highest BCUT2D eigenvalue weighted by atomic mass is 16.2. The molecule has 0 saturated carbocycles. The Hall–Kier alpha value is -2.42. The number of amides is 2. The van der Waals surface area contributed by atoms with E-state index >= 15 is 0 Å². The number of carbonyl (C=O) groups is 2. The molecule has 0 spiro atoms. The van der Waals surface area contributed by atoms with Gasteiger partial charge in [-0.1, -0.05) is 42.5 Å². The molecule has 1 aromatic rings. The number of allylic oxidation sites excluding steroid dienone is 5. The molecule has 0 fully saturated rings. The average molecular weight is 265 g/mol. The molecule has 3 rings (SSSR count). The van der Waals surface area contributed by atoms with Crippen molar-refractivity contribution >= 4 is 11.8 Å². The molecule has 2 amide bonds. The van der Waals surface area contributed by atoms with Crippen molar-refractivity contribution in [1.29, 1.82) is 0 Å². The van der Waals surface area contributed by atoms with Crippen LogP contribution in [0.4, 0.5) is 0 Å². The zero-order chi connectivity index (χ0) is 14.2. The Morgan fingerprint density at radius 1 is 1.25 bits per heavy atom. The van der Waals surface area contributed by atoms with Gasteiger partial charge in [0.2, 0.25) is 0 Å². The maximum atomic E-state index is 11.9. The van der Waals surface area contributed by atoms with Gasteiger partial charge in [0, 0.05) is 5.41 Å². The molecule has 0 saturated heterocycles. The van der Waals surface area contributed by atoms with Gasteiger partial charge < -0.3 is 0 Å². The minimum Gasteiger partial charge on any atom is -0.288 e. The molecule has 3 nitrogen and oxygen atoms in total. The summed E-state index contributed by atoms with van der Waals surface area (Å²) in [7, 11) is 0. The number of hydrogen-bond acceptors (Lipinski definition) is 2. The van der Waals surface area contributed by atoms with E-state index in [1.807, 2.05) is 30.4 Å².